The Labute approximate surface area is 331 Å². The Hall–Kier alpha value is -4.08. The molecule has 5 nitrogen and oxygen atoms in total. The van der Waals surface area contributed by atoms with Gasteiger partial charge in [-0.15, -0.1) is 0 Å². The molecule has 0 unspecified atom stereocenters. The lowest BCUT2D eigenvalue weighted by molar-refractivity contribution is -0.402. The molecule has 2 aromatic heterocycles. The van der Waals surface area contributed by atoms with Gasteiger partial charge in [-0.05, 0) is 17.8 Å². The van der Waals surface area contributed by atoms with Gasteiger partial charge >= 0.3 is 95.8 Å². The standard InChI is InChI=1S/C23HF36N5S/c24-8(25,12(32,33)16(40,41)20(48,49)50)2-1-3(9(26,27)13(34,35)17(42,43)21(51,52)53)61-6(60-2)65-7-63-4(10(28,29)14(36,37)18(44,45)22(54,55)56)62-5(64-7)11(30,31)15(38,39)19(46,47)23(57,58)59/h1H. The number of rotatable bonds is 14. The molecule has 0 N–H and O–H groups in total. The average Bonchev–Trinajstić information content (AvgIpc) is 3.08. The Kier molecular flexibility index (Phi) is 13.4. The summed E-state index contributed by atoms with van der Waals surface area (Å²) >= 11 is -2.43. The molecule has 0 amide bonds. The molecular formula is C23HF36N5S. The molecule has 2 heterocycles. The van der Waals surface area contributed by atoms with E-state index < -0.39 is 147 Å². The maximum absolute atomic E-state index is 14.8. The molecule has 376 valence electrons. The Balaban J connectivity index is 3.35. The predicted molar refractivity (Wildman–Crippen MR) is 125 cm³/mol. The highest BCUT2D eigenvalue weighted by Gasteiger charge is 2.87. The van der Waals surface area contributed by atoms with Crippen molar-refractivity contribution in [1.29, 1.82) is 0 Å². The SMILES string of the molecule is FC(F)(F)C(F)(F)C(F)(F)C(F)(F)c1cc(C(F)(F)C(F)(F)C(F)(F)C(F)(F)F)nc(Sc2nc(C(F)(F)C(F)(F)C(F)(F)C(F)(F)F)nc(C(F)(F)C(F)(F)C(F)(F)C(F)(F)F)n2)n1. The molecule has 2 rings (SSSR count). The third-order valence-corrected chi connectivity index (χ3v) is 8.02. The van der Waals surface area contributed by atoms with Crippen LogP contribution in [0.4, 0.5) is 158 Å². The quantitative estimate of drug-likeness (QED) is 0.139. The number of hydrogen-bond acceptors (Lipinski definition) is 6. The number of aromatic nitrogens is 5. The predicted octanol–water partition coefficient (Wildman–Crippen LogP) is 12.5. The van der Waals surface area contributed by atoms with E-state index in [0.717, 1.165) is 4.98 Å². The van der Waals surface area contributed by atoms with Gasteiger partial charge in [-0.2, -0.15) is 158 Å². The second-order valence-corrected chi connectivity index (χ2v) is 12.6. The van der Waals surface area contributed by atoms with E-state index in [2.05, 4.69) is 0 Å². The molecule has 0 bridgehead atoms. The van der Waals surface area contributed by atoms with E-state index in [9.17, 15) is 158 Å². The van der Waals surface area contributed by atoms with Crippen LogP contribution in [0.2, 0.25) is 0 Å². The van der Waals surface area contributed by atoms with E-state index >= 15 is 0 Å². The van der Waals surface area contributed by atoms with Crippen molar-refractivity contribution in [2.45, 2.75) is 106 Å². The molecule has 0 spiro atoms. The van der Waals surface area contributed by atoms with E-state index in [0.29, 0.717) is 0 Å². The summed E-state index contributed by atoms with van der Waals surface area (Å²) in [5.41, 5.74) is -8.66. The number of nitrogens with zero attached hydrogens (tertiary/aromatic N) is 5. The minimum Gasteiger partial charge on any atom is -0.221 e. The Morgan fingerprint density at radius 2 is 0.446 bits per heavy atom. The molecule has 0 saturated carbocycles. The first-order valence-electron chi connectivity index (χ1n) is 14.0. The topological polar surface area (TPSA) is 64.5 Å². The van der Waals surface area contributed by atoms with Crippen LogP contribution in [0.5, 0.6) is 0 Å². The number of halogens is 36. The van der Waals surface area contributed by atoms with Crippen LogP contribution in [0, 0.1) is 0 Å². The molecule has 42 heteroatoms. The molecule has 0 aliphatic heterocycles. The van der Waals surface area contributed by atoms with Gasteiger partial charge in [0.2, 0.25) is 11.6 Å². The Morgan fingerprint density at radius 3 is 0.662 bits per heavy atom. The van der Waals surface area contributed by atoms with Crippen molar-refractivity contribution in [3.8, 4) is 0 Å². The summed E-state index contributed by atoms with van der Waals surface area (Å²) in [7, 11) is 0. The third kappa shape index (κ3) is 8.27. The highest BCUT2D eigenvalue weighted by Crippen LogP contribution is 2.61. The van der Waals surface area contributed by atoms with Crippen LogP contribution in [-0.4, -0.2) is 97.0 Å². The van der Waals surface area contributed by atoms with Gasteiger partial charge in [0.05, 0.1) is 0 Å². The molecule has 0 aliphatic carbocycles. The molecule has 0 aliphatic rings. The van der Waals surface area contributed by atoms with Crippen LogP contribution in [0.15, 0.2) is 16.4 Å². The molecule has 65 heavy (non-hydrogen) atoms. The fourth-order valence-electron chi connectivity index (χ4n) is 3.66. The summed E-state index contributed by atoms with van der Waals surface area (Å²) in [4.78, 5) is 6.85. The van der Waals surface area contributed by atoms with Gasteiger partial charge in [0, 0.05) is 0 Å². The molecule has 0 fully saturated rings. The summed E-state index contributed by atoms with van der Waals surface area (Å²) < 4.78 is 491. The zero-order valence-corrected chi connectivity index (χ0v) is 28.6. The zero-order valence-electron chi connectivity index (χ0n) is 27.8. The van der Waals surface area contributed by atoms with E-state index in [-0.39, 0.29) is 0 Å². The lowest BCUT2D eigenvalue weighted by atomic mass is 9.97. The van der Waals surface area contributed by atoms with Gasteiger partial charge in [-0.1, -0.05) is 0 Å². The summed E-state index contributed by atoms with van der Waals surface area (Å²) in [6.07, 6.45) is -32.1. The van der Waals surface area contributed by atoms with Gasteiger partial charge in [0.25, 0.3) is 0 Å². The van der Waals surface area contributed by atoms with Crippen molar-refractivity contribution < 1.29 is 158 Å². The van der Waals surface area contributed by atoms with Crippen LogP contribution in [0.3, 0.4) is 0 Å². The van der Waals surface area contributed by atoms with Crippen LogP contribution in [0.25, 0.3) is 0 Å². The summed E-state index contributed by atoms with van der Waals surface area (Å²) in [5, 5.41) is -7.06. The highest BCUT2D eigenvalue weighted by atomic mass is 32.2. The summed E-state index contributed by atoms with van der Waals surface area (Å²) in [5.74, 6) is -108. The van der Waals surface area contributed by atoms with Crippen LogP contribution in [-0.2, 0) is 23.7 Å². The lowest BCUT2D eigenvalue weighted by Gasteiger charge is -2.35. The Bertz CT molecular complexity index is 1790. The fourth-order valence-corrected chi connectivity index (χ4v) is 4.38. The van der Waals surface area contributed by atoms with Crippen LogP contribution < -0.4 is 0 Å². The third-order valence-electron chi connectivity index (χ3n) is 7.29. The normalized spacial score (nSPS) is 16.1. The maximum atomic E-state index is 14.8. The molecule has 2 aromatic rings. The van der Waals surface area contributed by atoms with Crippen molar-refractivity contribution in [2.24, 2.45) is 0 Å². The monoisotopic (exact) mass is 1060 g/mol. The molecule has 0 saturated heterocycles. The van der Waals surface area contributed by atoms with Crippen molar-refractivity contribution in [3.05, 3.63) is 29.1 Å². The molecule has 0 radical (unpaired) electrons. The van der Waals surface area contributed by atoms with Gasteiger partial charge < -0.3 is 0 Å². The highest BCUT2D eigenvalue weighted by molar-refractivity contribution is 7.99. The maximum Gasteiger partial charge on any atom is 0.460 e. The van der Waals surface area contributed by atoms with Crippen molar-refractivity contribution in [3.63, 3.8) is 0 Å². The fraction of sp³-hybridized carbons (Fsp3) is 0.696. The largest absolute Gasteiger partial charge is 0.460 e. The van der Waals surface area contributed by atoms with Gasteiger partial charge in [0.15, 0.2) is 10.3 Å². The van der Waals surface area contributed by atoms with E-state index in [4.69, 9.17) is 0 Å². The van der Waals surface area contributed by atoms with Crippen LogP contribution >= 0.6 is 11.8 Å². The van der Waals surface area contributed by atoms with Gasteiger partial charge in [-0.3, -0.25) is 0 Å². The number of hydrogen-bond donors (Lipinski definition) is 0. The first-order chi connectivity index (χ1) is 27.9. The zero-order chi connectivity index (χ0) is 52.4. The van der Waals surface area contributed by atoms with Crippen LogP contribution in [0.1, 0.15) is 23.0 Å². The second-order valence-electron chi connectivity index (χ2n) is 11.7. The van der Waals surface area contributed by atoms with Crippen molar-refractivity contribution in [1.82, 2.24) is 24.9 Å². The van der Waals surface area contributed by atoms with Crippen molar-refractivity contribution in [2.75, 3.05) is 0 Å². The van der Waals surface area contributed by atoms with Gasteiger partial charge in [-0.25, -0.2) is 24.9 Å². The first-order valence-corrected chi connectivity index (χ1v) is 14.8. The lowest BCUT2D eigenvalue weighted by Crippen LogP contribution is -2.61. The molecular weight excluding hydrogens is 1060 g/mol. The smallest absolute Gasteiger partial charge is 0.221 e. The van der Waals surface area contributed by atoms with Crippen molar-refractivity contribution >= 4 is 11.8 Å². The van der Waals surface area contributed by atoms with Gasteiger partial charge in [0.1, 0.15) is 11.4 Å². The van der Waals surface area contributed by atoms with E-state index in [1.807, 2.05) is 0 Å². The molecule has 0 aromatic carbocycles. The first kappa shape index (κ1) is 57.0. The van der Waals surface area contributed by atoms with E-state index in [1.165, 1.54) is 19.9 Å². The minimum absolute atomic E-state index is 0.965. The summed E-state index contributed by atoms with van der Waals surface area (Å²) in [6.45, 7) is 0. The molecule has 0 atom stereocenters. The second kappa shape index (κ2) is 15.2. The minimum atomic E-state index is -8.47. The average molecular weight is 1060 g/mol. The Morgan fingerprint density at radius 1 is 0.246 bits per heavy atom. The van der Waals surface area contributed by atoms with E-state index in [1.54, 1.807) is 0 Å². The summed E-state index contributed by atoms with van der Waals surface area (Å²) in [6, 6.07) is -2.32. The number of alkyl halides is 36.